The fourth-order valence-corrected chi connectivity index (χ4v) is 2.61. The molecule has 0 aliphatic heterocycles. The standard InChI is InChI=1S/C15H14Cl2N2O4/c16-10-2-3-11(12(17)6-10)15(21)7-18-13-5-9(8-20)1-4-14(13)19(22)23/h1-6,15,18,20-21H,7-8H2. The average Bonchev–Trinajstić information content (AvgIpc) is 2.52. The fourth-order valence-electron chi connectivity index (χ4n) is 2.07. The summed E-state index contributed by atoms with van der Waals surface area (Å²) in [6.45, 7) is -0.227. The van der Waals surface area contributed by atoms with Crippen LogP contribution < -0.4 is 5.32 Å². The number of halogens is 2. The summed E-state index contributed by atoms with van der Waals surface area (Å²) in [6, 6.07) is 8.94. The normalized spacial score (nSPS) is 12.0. The minimum atomic E-state index is -0.975. The van der Waals surface area contributed by atoms with E-state index in [9.17, 15) is 15.2 Å². The van der Waals surface area contributed by atoms with Gasteiger partial charge in [0.25, 0.3) is 5.69 Å². The van der Waals surface area contributed by atoms with Crippen LogP contribution in [0.1, 0.15) is 17.2 Å². The second-order valence-electron chi connectivity index (χ2n) is 4.83. The third-order valence-electron chi connectivity index (χ3n) is 3.25. The number of aliphatic hydroxyl groups is 2. The SMILES string of the molecule is O=[N+]([O-])c1ccc(CO)cc1NCC(O)c1ccc(Cl)cc1Cl. The molecule has 0 spiro atoms. The van der Waals surface area contributed by atoms with E-state index >= 15 is 0 Å². The van der Waals surface area contributed by atoms with Gasteiger partial charge in [-0.3, -0.25) is 10.1 Å². The monoisotopic (exact) mass is 356 g/mol. The Bertz CT molecular complexity index is 725. The quantitative estimate of drug-likeness (QED) is 0.543. The van der Waals surface area contributed by atoms with E-state index in [-0.39, 0.29) is 24.5 Å². The van der Waals surface area contributed by atoms with Crippen LogP contribution in [0.2, 0.25) is 10.0 Å². The Morgan fingerprint density at radius 3 is 2.57 bits per heavy atom. The van der Waals surface area contributed by atoms with Crippen LogP contribution in [-0.2, 0) is 6.61 Å². The van der Waals surface area contributed by atoms with Crippen molar-refractivity contribution in [3.05, 3.63) is 67.7 Å². The van der Waals surface area contributed by atoms with Crippen LogP contribution in [0.5, 0.6) is 0 Å². The molecule has 0 aliphatic carbocycles. The number of rotatable bonds is 6. The molecule has 122 valence electrons. The maximum absolute atomic E-state index is 11.0. The second-order valence-corrected chi connectivity index (χ2v) is 5.67. The van der Waals surface area contributed by atoms with Crippen LogP contribution in [0, 0.1) is 10.1 Å². The van der Waals surface area contributed by atoms with Gasteiger partial charge in [-0.05, 0) is 29.8 Å². The van der Waals surface area contributed by atoms with E-state index < -0.39 is 11.0 Å². The van der Waals surface area contributed by atoms with E-state index in [1.54, 1.807) is 12.1 Å². The van der Waals surface area contributed by atoms with E-state index in [4.69, 9.17) is 28.3 Å². The van der Waals surface area contributed by atoms with Gasteiger partial charge in [-0.2, -0.15) is 0 Å². The maximum atomic E-state index is 11.0. The first kappa shape index (κ1) is 17.5. The molecule has 1 atom stereocenters. The molecule has 2 aromatic carbocycles. The van der Waals surface area contributed by atoms with Crippen molar-refractivity contribution in [3.8, 4) is 0 Å². The summed E-state index contributed by atoms with van der Waals surface area (Å²) in [6.07, 6.45) is -0.975. The summed E-state index contributed by atoms with van der Waals surface area (Å²) in [7, 11) is 0. The molecule has 8 heteroatoms. The predicted octanol–water partition coefficient (Wildman–Crippen LogP) is 3.54. The Kier molecular flexibility index (Phi) is 5.79. The Morgan fingerprint density at radius 2 is 1.96 bits per heavy atom. The molecule has 0 saturated heterocycles. The molecule has 0 fully saturated rings. The molecule has 1 unspecified atom stereocenters. The lowest BCUT2D eigenvalue weighted by Crippen LogP contribution is -2.13. The number of nitrogens with zero attached hydrogens (tertiary/aromatic N) is 1. The number of hydrogen-bond donors (Lipinski definition) is 3. The minimum absolute atomic E-state index is 0.0110. The molecule has 0 saturated carbocycles. The van der Waals surface area contributed by atoms with Gasteiger partial charge in [0, 0.05) is 28.2 Å². The van der Waals surface area contributed by atoms with Gasteiger partial charge in [0.05, 0.1) is 17.6 Å². The number of nitrogens with one attached hydrogen (secondary N) is 1. The van der Waals surface area contributed by atoms with Gasteiger partial charge in [-0.25, -0.2) is 0 Å². The maximum Gasteiger partial charge on any atom is 0.292 e. The van der Waals surface area contributed by atoms with Gasteiger partial charge < -0.3 is 15.5 Å². The van der Waals surface area contributed by atoms with Gasteiger partial charge in [0.15, 0.2) is 0 Å². The second kappa shape index (κ2) is 7.61. The summed E-state index contributed by atoms with van der Waals surface area (Å²) >= 11 is 11.8. The first-order valence-corrected chi connectivity index (χ1v) is 7.43. The third kappa shape index (κ3) is 4.33. The number of nitro groups is 1. The molecule has 0 radical (unpaired) electrons. The zero-order valence-corrected chi connectivity index (χ0v) is 13.4. The summed E-state index contributed by atoms with van der Waals surface area (Å²) in [5.41, 5.74) is 1.06. The fraction of sp³-hybridized carbons (Fsp3) is 0.200. The summed E-state index contributed by atoms with van der Waals surface area (Å²) in [5, 5.41) is 33.9. The molecule has 3 N–H and O–H groups in total. The molecule has 2 rings (SSSR count). The Hall–Kier alpha value is -1.86. The zero-order chi connectivity index (χ0) is 17.0. The van der Waals surface area contributed by atoms with Crippen molar-refractivity contribution in [3.63, 3.8) is 0 Å². The zero-order valence-electron chi connectivity index (χ0n) is 11.9. The minimum Gasteiger partial charge on any atom is -0.392 e. The van der Waals surface area contributed by atoms with Crippen molar-refractivity contribution in [1.29, 1.82) is 0 Å². The average molecular weight is 357 g/mol. The highest BCUT2D eigenvalue weighted by molar-refractivity contribution is 6.35. The van der Waals surface area contributed by atoms with E-state index in [0.29, 0.717) is 21.2 Å². The molecule has 0 aromatic heterocycles. The van der Waals surface area contributed by atoms with Gasteiger partial charge in [-0.15, -0.1) is 0 Å². The Labute approximate surface area is 142 Å². The molecular formula is C15H14Cl2N2O4. The van der Waals surface area contributed by atoms with Gasteiger partial charge >= 0.3 is 0 Å². The van der Waals surface area contributed by atoms with Crippen molar-refractivity contribution in [2.75, 3.05) is 11.9 Å². The number of anilines is 1. The van der Waals surface area contributed by atoms with Crippen molar-refractivity contribution in [2.24, 2.45) is 0 Å². The topological polar surface area (TPSA) is 95.6 Å². The van der Waals surface area contributed by atoms with Crippen LogP contribution in [0.15, 0.2) is 36.4 Å². The van der Waals surface area contributed by atoms with Crippen LogP contribution in [0.4, 0.5) is 11.4 Å². The van der Waals surface area contributed by atoms with Crippen molar-refractivity contribution < 1.29 is 15.1 Å². The van der Waals surface area contributed by atoms with Crippen molar-refractivity contribution in [1.82, 2.24) is 0 Å². The lowest BCUT2D eigenvalue weighted by atomic mass is 10.1. The highest BCUT2D eigenvalue weighted by Crippen LogP contribution is 2.29. The molecular weight excluding hydrogens is 343 g/mol. The first-order valence-electron chi connectivity index (χ1n) is 6.67. The third-order valence-corrected chi connectivity index (χ3v) is 3.81. The van der Waals surface area contributed by atoms with Crippen LogP contribution in [0.25, 0.3) is 0 Å². The van der Waals surface area contributed by atoms with E-state index in [1.165, 1.54) is 24.3 Å². The highest BCUT2D eigenvalue weighted by Gasteiger charge is 2.17. The largest absolute Gasteiger partial charge is 0.392 e. The number of aliphatic hydroxyl groups excluding tert-OH is 2. The van der Waals surface area contributed by atoms with Crippen LogP contribution >= 0.6 is 23.2 Å². The summed E-state index contributed by atoms with van der Waals surface area (Å²) in [4.78, 5) is 10.5. The lowest BCUT2D eigenvalue weighted by molar-refractivity contribution is -0.384. The molecule has 0 heterocycles. The first-order chi connectivity index (χ1) is 10.9. The van der Waals surface area contributed by atoms with Crippen LogP contribution in [-0.4, -0.2) is 21.7 Å². The number of hydrogen-bond acceptors (Lipinski definition) is 5. The highest BCUT2D eigenvalue weighted by atomic mass is 35.5. The molecule has 2 aromatic rings. The summed E-state index contributed by atoms with van der Waals surface area (Å²) < 4.78 is 0. The Morgan fingerprint density at radius 1 is 1.22 bits per heavy atom. The van der Waals surface area contributed by atoms with Crippen LogP contribution in [0.3, 0.4) is 0 Å². The smallest absolute Gasteiger partial charge is 0.292 e. The van der Waals surface area contributed by atoms with E-state index in [2.05, 4.69) is 5.32 Å². The summed E-state index contributed by atoms with van der Waals surface area (Å²) in [5.74, 6) is 0. The number of benzene rings is 2. The van der Waals surface area contributed by atoms with Crippen molar-refractivity contribution in [2.45, 2.75) is 12.7 Å². The molecule has 0 amide bonds. The van der Waals surface area contributed by atoms with Gasteiger partial charge in [0.2, 0.25) is 0 Å². The van der Waals surface area contributed by atoms with Gasteiger partial charge in [0.1, 0.15) is 5.69 Å². The molecule has 6 nitrogen and oxygen atoms in total. The molecule has 23 heavy (non-hydrogen) atoms. The van der Waals surface area contributed by atoms with Gasteiger partial charge in [-0.1, -0.05) is 29.3 Å². The van der Waals surface area contributed by atoms with E-state index in [1.807, 2.05) is 0 Å². The lowest BCUT2D eigenvalue weighted by Gasteiger charge is -2.15. The van der Waals surface area contributed by atoms with Crippen molar-refractivity contribution >= 4 is 34.6 Å². The van der Waals surface area contributed by atoms with E-state index in [0.717, 1.165) is 0 Å². The Balaban J connectivity index is 2.17. The molecule has 0 aliphatic rings. The number of nitro benzene ring substituents is 1. The predicted molar refractivity (Wildman–Crippen MR) is 88.9 cm³/mol. The molecule has 0 bridgehead atoms.